The molecule has 0 bridgehead atoms. The van der Waals surface area contributed by atoms with Gasteiger partial charge in [0.2, 0.25) is 11.8 Å². The molecule has 7 nitrogen and oxygen atoms in total. The molecule has 46 heavy (non-hydrogen) atoms. The fraction of sp³-hybridized carbons (Fsp3) is 0.513. The van der Waals surface area contributed by atoms with Crippen LogP contribution in [0, 0.1) is 18.3 Å². The number of amides is 2. The molecule has 0 fully saturated rings. The van der Waals surface area contributed by atoms with E-state index in [0.29, 0.717) is 17.9 Å². The molecule has 1 aliphatic rings. The molecule has 0 spiro atoms. The fourth-order valence-electron chi connectivity index (χ4n) is 4.00. The van der Waals surface area contributed by atoms with Crippen LogP contribution >= 0.6 is 0 Å². The number of carbonyl (C=O) groups excluding carboxylic acids is 2. The van der Waals surface area contributed by atoms with E-state index < -0.39 is 0 Å². The largest absolute Gasteiger partial charge is 0.383 e. The number of rotatable bonds is 17. The van der Waals surface area contributed by atoms with E-state index >= 15 is 0 Å². The zero-order valence-electron chi connectivity index (χ0n) is 30.6. The molecular weight excluding hydrogens is 570 g/mol. The minimum atomic E-state index is -0.112. The van der Waals surface area contributed by atoms with Crippen molar-refractivity contribution in [2.45, 2.75) is 87.0 Å². The maximum Gasteiger partial charge on any atom is 0.238 e. The Kier molecular flexibility index (Phi) is 21.7. The van der Waals surface area contributed by atoms with Gasteiger partial charge in [-0.05, 0) is 51.1 Å². The van der Waals surface area contributed by atoms with Crippen molar-refractivity contribution in [1.82, 2.24) is 14.8 Å². The predicted molar refractivity (Wildman–Crippen MR) is 204 cm³/mol. The minimum Gasteiger partial charge on any atom is -0.383 e. The maximum atomic E-state index is 12.2. The van der Waals surface area contributed by atoms with Crippen LogP contribution in [0.25, 0.3) is 0 Å². The Bertz CT molecular complexity index is 1210. The van der Waals surface area contributed by atoms with Gasteiger partial charge in [-0.25, -0.2) is 0 Å². The van der Waals surface area contributed by atoms with E-state index in [1.54, 1.807) is 18.3 Å². The van der Waals surface area contributed by atoms with Crippen molar-refractivity contribution in [3.63, 3.8) is 0 Å². The quantitative estimate of drug-likeness (QED) is 0.101. The van der Waals surface area contributed by atoms with Crippen LogP contribution in [-0.2, 0) is 9.59 Å². The summed E-state index contributed by atoms with van der Waals surface area (Å²) in [4.78, 5) is 32.4. The molecule has 0 saturated heterocycles. The highest BCUT2D eigenvalue weighted by molar-refractivity contribution is 5.95. The average Bonchev–Trinajstić information content (AvgIpc) is 3.72. The standard InChI is InChI=1S/C20H34N4O2.C16H21N.C3H8.2H2/c1-6-7-8-9-10-11-24(5)14-19(25)22-17-12-18(16(4)21-13-17)23-20(26)15(2)3;1-6-8-9-15(12-16(3)10-11-16)14(7-2)13-17(4)5;1-3-2;;/h12-13,15H,6-11,14H2,1-5H3,(H,22,25)(H,23,26);6-13H,1-2H2,3-5H3;3H2,1-2H3;2*1H/b;9-8-,14-13+,15-12+;;;. The molecule has 0 aromatic carbocycles. The van der Waals surface area contributed by atoms with Crippen LogP contribution in [0.15, 0.2) is 85.3 Å². The molecule has 2 N–H and O–H groups in total. The molecule has 0 unspecified atom stereocenters. The fourth-order valence-corrected chi connectivity index (χ4v) is 4.00. The molecule has 0 atom stereocenters. The number of nitrogens with one attached hydrogen (secondary N) is 2. The van der Waals surface area contributed by atoms with Crippen molar-refractivity contribution in [1.29, 1.82) is 0 Å². The molecule has 0 saturated carbocycles. The van der Waals surface area contributed by atoms with Crippen LogP contribution in [0.1, 0.15) is 88.6 Å². The highest BCUT2D eigenvalue weighted by Crippen LogP contribution is 2.37. The second kappa shape index (κ2) is 23.6. The van der Waals surface area contributed by atoms with E-state index in [1.165, 1.54) is 37.7 Å². The third-order valence-corrected chi connectivity index (χ3v) is 6.73. The lowest BCUT2D eigenvalue weighted by Gasteiger charge is -2.17. The van der Waals surface area contributed by atoms with Gasteiger partial charge in [-0.2, -0.15) is 0 Å². The van der Waals surface area contributed by atoms with Gasteiger partial charge in [0.1, 0.15) is 0 Å². The first-order chi connectivity index (χ1) is 21.7. The van der Waals surface area contributed by atoms with Gasteiger partial charge >= 0.3 is 0 Å². The number of hydrogen-bond acceptors (Lipinski definition) is 5. The van der Waals surface area contributed by atoms with Crippen LogP contribution < -0.4 is 10.6 Å². The summed E-state index contributed by atoms with van der Waals surface area (Å²) < 4.78 is 0. The molecule has 1 aromatic heterocycles. The Labute approximate surface area is 284 Å². The van der Waals surface area contributed by atoms with Gasteiger partial charge in [0.25, 0.3) is 0 Å². The van der Waals surface area contributed by atoms with Crippen LogP contribution in [0.4, 0.5) is 11.4 Å². The Morgan fingerprint density at radius 2 is 1.65 bits per heavy atom. The van der Waals surface area contributed by atoms with Crippen molar-refractivity contribution < 1.29 is 12.4 Å². The number of pyridine rings is 1. The number of aryl methyl sites for hydroxylation is 1. The number of aromatic nitrogens is 1. The van der Waals surface area contributed by atoms with Gasteiger partial charge in [-0.15, -0.1) is 0 Å². The van der Waals surface area contributed by atoms with Crippen molar-refractivity contribution in [2.24, 2.45) is 11.3 Å². The number of unbranched alkanes of at least 4 members (excludes halogenated alkanes) is 4. The molecule has 1 heterocycles. The first kappa shape index (κ1) is 42.3. The van der Waals surface area contributed by atoms with Gasteiger partial charge < -0.3 is 15.5 Å². The summed E-state index contributed by atoms with van der Waals surface area (Å²) >= 11 is 0. The molecule has 0 aliphatic heterocycles. The molecule has 2 rings (SSSR count). The molecule has 2 amide bonds. The molecule has 0 radical (unpaired) electrons. The SMILES string of the molecule is C=C\C=C/C(=C\C1(C)C=C1)C(/C=C)=C/N(C)C.CCC.CCCCCCCN(C)CC(=O)Nc1cnc(C)c(NC(=O)C(C)C)c1.[HH].[HH]. The summed E-state index contributed by atoms with van der Waals surface area (Å²) in [6.45, 7) is 23.0. The van der Waals surface area contributed by atoms with Crippen molar-refractivity contribution in [3.8, 4) is 0 Å². The molecule has 7 heteroatoms. The summed E-state index contributed by atoms with van der Waals surface area (Å²) in [6, 6.07) is 1.76. The third kappa shape index (κ3) is 19.6. The number of anilines is 2. The summed E-state index contributed by atoms with van der Waals surface area (Å²) in [6.07, 6.45) is 25.3. The van der Waals surface area contributed by atoms with Crippen LogP contribution in [0.5, 0.6) is 0 Å². The average molecular weight is 638 g/mol. The third-order valence-electron chi connectivity index (χ3n) is 6.73. The van der Waals surface area contributed by atoms with Crippen molar-refractivity contribution in [3.05, 3.63) is 91.0 Å². The highest BCUT2D eigenvalue weighted by atomic mass is 16.2. The zero-order valence-corrected chi connectivity index (χ0v) is 30.6. The monoisotopic (exact) mass is 638 g/mol. The van der Waals surface area contributed by atoms with Gasteiger partial charge in [0.05, 0.1) is 29.8 Å². The Balaban J connectivity index is -0.000000799. The van der Waals surface area contributed by atoms with Crippen molar-refractivity contribution in [2.75, 3.05) is 44.9 Å². The number of allylic oxidation sites excluding steroid dienone is 9. The highest BCUT2D eigenvalue weighted by Gasteiger charge is 2.25. The summed E-state index contributed by atoms with van der Waals surface area (Å²) in [5.41, 5.74) is 4.36. The first-order valence-corrected chi connectivity index (χ1v) is 16.7. The Morgan fingerprint density at radius 1 is 1.02 bits per heavy atom. The summed E-state index contributed by atoms with van der Waals surface area (Å²) in [5, 5.41) is 5.70. The summed E-state index contributed by atoms with van der Waals surface area (Å²) in [5.74, 6) is -0.257. The number of hydrogen-bond donors (Lipinski definition) is 2. The normalized spacial score (nSPS) is 13.4. The number of carbonyl (C=O) groups is 2. The van der Waals surface area contributed by atoms with E-state index in [9.17, 15) is 9.59 Å². The zero-order chi connectivity index (χ0) is 35.1. The number of nitrogens with zero attached hydrogens (tertiary/aromatic N) is 3. The maximum absolute atomic E-state index is 12.2. The second-order valence-electron chi connectivity index (χ2n) is 12.6. The summed E-state index contributed by atoms with van der Waals surface area (Å²) in [7, 11) is 5.98. The van der Waals surface area contributed by atoms with Gasteiger partial charge in [-0.3, -0.25) is 19.5 Å². The van der Waals surface area contributed by atoms with E-state index in [1.807, 2.05) is 63.9 Å². The lowest BCUT2D eigenvalue weighted by atomic mass is 9.97. The topological polar surface area (TPSA) is 77.6 Å². The smallest absolute Gasteiger partial charge is 0.238 e. The Morgan fingerprint density at radius 3 is 2.17 bits per heavy atom. The minimum absolute atomic E-state index is 0. The molecular formula is C39H67N5O2. The Hall–Kier alpha value is -3.71. The van der Waals surface area contributed by atoms with Gasteiger partial charge in [-0.1, -0.05) is 122 Å². The van der Waals surface area contributed by atoms with E-state index in [4.69, 9.17) is 0 Å². The predicted octanol–water partition coefficient (Wildman–Crippen LogP) is 9.60. The van der Waals surface area contributed by atoms with Crippen LogP contribution in [0.2, 0.25) is 0 Å². The van der Waals surface area contributed by atoms with Crippen LogP contribution in [0.3, 0.4) is 0 Å². The van der Waals surface area contributed by atoms with Crippen LogP contribution in [-0.4, -0.2) is 60.8 Å². The molecule has 260 valence electrons. The molecule has 1 aliphatic carbocycles. The van der Waals surface area contributed by atoms with Crippen molar-refractivity contribution >= 4 is 23.2 Å². The second-order valence-corrected chi connectivity index (χ2v) is 12.6. The van der Waals surface area contributed by atoms with E-state index in [-0.39, 0.29) is 26.0 Å². The molecule has 1 aromatic rings. The first-order valence-electron chi connectivity index (χ1n) is 16.7. The lowest BCUT2D eigenvalue weighted by Crippen LogP contribution is -2.31. The van der Waals surface area contributed by atoms with E-state index in [2.05, 4.69) is 87.0 Å². The van der Waals surface area contributed by atoms with Gasteiger partial charge in [0.15, 0.2) is 0 Å². The number of likely N-dealkylation sites (N-methyl/N-ethyl adjacent to an activating group) is 1. The van der Waals surface area contributed by atoms with E-state index in [0.717, 1.165) is 24.2 Å². The lowest BCUT2D eigenvalue weighted by molar-refractivity contribution is -0.119. The van der Waals surface area contributed by atoms with Gasteiger partial charge in [0, 0.05) is 34.5 Å².